The third-order valence-electron chi connectivity index (χ3n) is 3.91. The minimum atomic E-state index is -3.60. The SMILES string of the molecule is CC(=O)N(CCNS(=O)(=O)c1ccccc1C)c1cc(C)cc(C)c1. The van der Waals surface area contributed by atoms with E-state index in [9.17, 15) is 13.2 Å². The Kier molecular flexibility index (Phi) is 5.98. The molecule has 5 nitrogen and oxygen atoms in total. The van der Waals surface area contributed by atoms with Crippen molar-refractivity contribution in [2.75, 3.05) is 18.0 Å². The highest BCUT2D eigenvalue weighted by molar-refractivity contribution is 7.89. The molecule has 0 fully saturated rings. The third-order valence-corrected chi connectivity index (χ3v) is 5.53. The van der Waals surface area contributed by atoms with Crippen molar-refractivity contribution in [3.05, 3.63) is 59.2 Å². The zero-order chi connectivity index (χ0) is 18.6. The van der Waals surface area contributed by atoms with E-state index >= 15 is 0 Å². The Morgan fingerprint density at radius 1 is 1.04 bits per heavy atom. The first-order valence-corrected chi connectivity index (χ1v) is 9.61. The average Bonchev–Trinajstić information content (AvgIpc) is 2.50. The largest absolute Gasteiger partial charge is 0.311 e. The van der Waals surface area contributed by atoms with Gasteiger partial charge in [0.05, 0.1) is 4.90 Å². The van der Waals surface area contributed by atoms with E-state index in [2.05, 4.69) is 4.72 Å². The van der Waals surface area contributed by atoms with E-state index in [1.54, 1.807) is 36.1 Å². The van der Waals surface area contributed by atoms with Crippen molar-refractivity contribution in [3.63, 3.8) is 0 Å². The number of hydrogen-bond acceptors (Lipinski definition) is 3. The maximum atomic E-state index is 12.4. The normalized spacial score (nSPS) is 11.4. The minimum Gasteiger partial charge on any atom is -0.311 e. The molecule has 0 aliphatic rings. The van der Waals surface area contributed by atoms with Gasteiger partial charge < -0.3 is 4.90 Å². The first-order chi connectivity index (χ1) is 11.7. The van der Waals surface area contributed by atoms with Crippen molar-refractivity contribution in [1.82, 2.24) is 4.72 Å². The van der Waals surface area contributed by atoms with Gasteiger partial charge in [-0.05, 0) is 55.7 Å². The zero-order valence-corrected chi connectivity index (χ0v) is 15.9. The molecule has 0 spiro atoms. The topological polar surface area (TPSA) is 66.5 Å². The fourth-order valence-electron chi connectivity index (χ4n) is 2.80. The van der Waals surface area contributed by atoms with Crippen LogP contribution in [0.5, 0.6) is 0 Å². The van der Waals surface area contributed by atoms with Crippen LogP contribution in [0.25, 0.3) is 0 Å². The van der Waals surface area contributed by atoms with Crippen LogP contribution in [0.1, 0.15) is 23.6 Å². The molecule has 6 heteroatoms. The Bertz CT molecular complexity index is 856. The van der Waals surface area contributed by atoms with Crippen LogP contribution < -0.4 is 9.62 Å². The lowest BCUT2D eigenvalue weighted by Crippen LogP contribution is -2.37. The number of anilines is 1. The lowest BCUT2D eigenvalue weighted by atomic mass is 10.1. The molecule has 0 aliphatic heterocycles. The molecule has 134 valence electrons. The highest BCUT2D eigenvalue weighted by atomic mass is 32.2. The van der Waals surface area contributed by atoms with Crippen LogP contribution in [0.2, 0.25) is 0 Å². The number of sulfonamides is 1. The van der Waals surface area contributed by atoms with Crippen molar-refractivity contribution in [2.24, 2.45) is 0 Å². The van der Waals surface area contributed by atoms with Crippen molar-refractivity contribution in [1.29, 1.82) is 0 Å². The lowest BCUT2D eigenvalue weighted by Gasteiger charge is -2.22. The summed E-state index contributed by atoms with van der Waals surface area (Å²) in [5, 5.41) is 0. The number of carbonyl (C=O) groups is 1. The summed E-state index contributed by atoms with van der Waals surface area (Å²) < 4.78 is 27.4. The van der Waals surface area contributed by atoms with Crippen molar-refractivity contribution in [3.8, 4) is 0 Å². The molecule has 0 saturated heterocycles. The van der Waals surface area contributed by atoms with Gasteiger partial charge in [-0.3, -0.25) is 4.79 Å². The number of rotatable bonds is 6. The second kappa shape index (κ2) is 7.80. The predicted octanol–water partition coefficient (Wildman–Crippen LogP) is 2.94. The fourth-order valence-corrected chi connectivity index (χ4v) is 4.07. The maximum Gasteiger partial charge on any atom is 0.240 e. The molecule has 1 N–H and O–H groups in total. The predicted molar refractivity (Wildman–Crippen MR) is 100 cm³/mol. The van der Waals surface area contributed by atoms with Crippen LogP contribution in [-0.4, -0.2) is 27.4 Å². The number of nitrogens with one attached hydrogen (secondary N) is 1. The van der Waals surface area contributed by atoms with Crippen LogP contribution >= 0.6 is 0 Å². The van der Waals surface area contributed by atoms with Gasteiger partial charge in [-0.1, -0.05) is 24.3 Å². The number of carbonyl (C=O) groups excluding carboxylic acids is 1. The molecule has 0 atom stereocenters. The molecule has 1 amide bonds. The Morgan fingerprint density at radius 2 is 1.64 bits per heavy atom. The Balaban J connectivity index is 2.12. The Hall–Kier alpha value is -2.18. The summed E-state index contributed by atoms with van der Waals surface area (Å²) in [6.45, 7) is 7.58. The van der Waals surface area contributed by atoms with E-state index in [0.717, 1.165) is 16.8 Å². The number of hydrogen-bond donors (Lipinski definition) is 1. The first kappa shape index (κ1) is 19.1. The van der Waals surface area contributed by atoms with Gasteiger partial charge in [-0.15, -0.1) is 0 Å². The Labute approximate surface area is 149 Å². The average molecular weight is 360 g/mol. The minimum absolute atomic E-state index is 0.125. The fraction of sp³-hybridized carbons (Fsp3) is 0.316. The highest BCUT2D eigenvalue weighted by Gasteiger charge is 2.18. The third kappa shape index (κ3) is 4.90. The quantitative estimate of drug-likeness (QED) is 0.861. The summed E-state index contributed by atoms with van der Waals surface area (Å²) in [4.78, 5) is 13.8. The first-order valence-electron chi connectivity index (χ1n) is 8.12. The molecular formula is C19H24N2O3S. The number of aryl methyl sites for hydroxylation is 3. The zero-order valence-electron chi connectivity index (χ0n) is 15.0. The van der Waals surface area contributed by atoms with Gasteiger partial charge in [0.1, 0.15) is 0 Å². The van der Waals surface area contributed by atoms with Gasteiger partial charge in [-0.2, -0.15) is 0 Å². The Morgan fingerprint density at radius 3 is 2.20 bits per heavy atom. The monoisotopic (exact) mass is 360 g/mol. The smallest absolute Gasteiger partial charge is 0.240 e. The number of nitrogens with zero attached hydrogens (tertiary/aromatic N) is 1. The summed E-state index contributed by atoms with van der Waals surface area (Å²) >= 11 is 0. The van der Waals surface area contributed by atoms with Crippen LogP contribution in [0, 0.1) is 20.8 Å². The van der Waals surface area contributed by atoms with E-state index in [0.29, 0.717) is 5.56 Å². The standard InChI is InChI=1S/C19H24N2O3S/c1-14-11-15(2)13-18(12-14)21(17(4)22)10-9-20-25(23,24)19-8-6-5-7-16(19)3/h5-8,11-13,20H,9-10H2,1-4H3. The van der Waals surface area contributed by atoms with E-state index < -0.39 is 10.0 Å². The lowest BCUT2D eigenvalue weighted by molar-refractivity contribution is -0.116. The molecule has 0 heterocycles. The van der Waals surface area contributed by atoms with E-state index in [1.807, 2.05) is 32.0 Å². The summed E-state index contributed by atoms with van der Waals surface area (Å²) in [5.74, 6) is -0.125. The van der Waals surface area contributed by atoms with E-state index in [-0.39, 0.29) is 23.9 Å². The van der Waals surface area contributed by atoms with Crippen molar-refractivity contribution in [2.45, 2.75) is 32.6 Å². The van der Waals surface area contributed by atoms with E-state index in [4.69, 9.17) is 0 Å². The van der Waals surface area contributed by atoms with Gasteiger partial charge >= 0.3 is 0 Å². The second-order valence-corrected chi connectivity index (χ2v) is 7.92. The molecule has 0 radical (unpaired) electrons. The molecule has 2 aromatic carbocycles. The van der Waals surface area contributed by atoms with E-state index in [1.165, 1.54) is 6.92 Å². The molecule has 2 rings (SSSR count). The second-order valence-electron chi connectivity index (χ2n) is 6.18. The van der Waals surface area contributed by atoms with Gasteiger partial charge in [0.25, 0.3) is 0 Å². The molecule has 2 aromatic rings. The molecule has 0 aromatic heterocycles. The number of benzene rings is 2. The van der Waals surface area contributed by atoms with Crippen molar-refractivity contribution < 1.29 is 13.2 Å². The van der Waals surface area contributed by atoms with Crippen LogP contribution in [0.3, 0.4) is 0 Å². The van der Waals surface area contributed by atoms with Crippen LogP contribution in [-0.2, 0) is 14.8 Å². The van der Waals surface area contributed by atoms with Gasteiger partial charge in [0.2, 0.25) is 15.9 Å². The van der Waals surface area contributed by atoms with Crippen molar-refractivity contribution >= 4 is 21.6 Å². The van der Waals surface area contributed by atoms with Crippen LogP contribution in [0.15, 0.2) is 47.4 Å². The molecule has 0 bridgehead atoms. The van der Waals surface area contributed by atoms with Crippen LogP contribution in [0.4, 0.5) is 5.69 Å². The number of amides is 1. The molecular weight excluding hydrogens is 336 g/mol. The van der Waals surface area contributed by atoms with Gasteiger partial charge in [-0.25, -0.2) is 13.1 Å². The summed E-state index contributed by atoms with van der Waals surface area (Å²) in [6.07, 6.45) is 0. The van der Waals surface area contributed by atoms with Gasteiger partial charge in [0, 0.05) is 25.7 Å². The molecule has 25 heavy (non-hydrogen) atoms. The molecule has 0 saturated carbocycles. The summed E-state index contributed by atoms with van der Waals surface area (Å²) in [7, 11) is -3.60. The summed E-state index contributed by atoms with van der Waals surface area (Å²) in [5.41, 5.74) is 3.58. The summed E-state index contributed by atoms with van der Waals surface area (Å²) in [6, 6.07) is 12.7. The molecule has 0 aliphatic carbocycles. The maximum absolute atomic E-state index is 12.4. The van der Waals surface area contributed by atoms with Gasteiger partial charge in [0.15, 0.2) is 0 Å². The highest BCUT2D eigenvalue weighted by Crippen LogP contribution is 2.19. The molecule has 0 unspecified atom stereocenters.